The van der Waals surface area contributed by atoms with Gasteiger partial charge in [0, 0.05) is 31.6 Å². The van der Waals surface area contributed by atoms with Gasteiger partial charge in [-0.05, 0) is 37.3 Å². The van der Waals surface area contributed by atoms with Crippen molar-refractivity contribution < 1.29 is 27.6 Å². The first-order chi connectivity index (χ1) is 14.1. The van der Waals surface area contributed by atoms with Gasteiger partial charge in [-0.15, -0.1) is 0 Å². The molecule has 0 bridgehead atoms. The molecule has 1 fully saturated rings. The van der Waals surface area contributed by atoms with Crippen LogP contribution < -0.4 is 10.6 Å². The van der Waals surface area contributed by atoms with Crippen LogP contribution in [-0.2, 0) is 9.59 Å². The largest absolute Gasteiger partial charge is 0.405 e. The predicted octanol–water partition coefficient (Wildman–Crippen LogP) is 1.67. The Hall–Kier alpha value is -2.24. The van der Waals surface area contributed by atoms with E-state index in [0.717, 1.165) is 5.75 Å². The van der Waals surface area contributed by atoms with E-state index in [1.807, 2.05) is 6.26 Å². The number of H-pyrrole nitrogens is 1. The summed E-state index contributed by atoms with van der Waals surface area (Å²) in [5.41, 5.74) is 0.551. The van der Waals surface area contributed by atoms with Gasteiger partial charge in [0.05, 0.1) is 0 Å². The van der Waals surface area contributed by atoms with E-state index >= 15 is 0 Å². The molecule has 30 heavy (non-hydrogen) atoms. The zero-order valence-corrected chi connectivity index (χ0v) is 17.7. The van der Waals surface area contributed by atoms with Gasteiger partial charge in [-0.25, -0.2) is 0 Å². The van der Waals surface area contributed by atoms with Gasteiger partial charge in [-0.2, -0.15) is 30.0 Å². The molecular formula is C18H26F3N5O3S. The van der Waals surface area contributed by atoms with Crippen LogP contribution in [0, 0.1) is 0 Å². The highest BCUT2D eigenvalue weighted by Gasteiger charge is 2.31. The molecule has 1 aromatic heterocycles. The number of likely N-dealkylation sites (tertiary alicyclic amines) is 1. The summed E-state index contributed by atoms with van der Waals surface area (Å²) in [4.78, 5) is 37.7. The number of carbonyl (C=O) groups excluding carboxylic acids is 3. The monoisotopic (exact) mass is 449 g/mol. The molecule has 1 atom stereocenters. The normalized spacial score (nSPS) is 16.2. The number of aromatic amines is 1. The zero-order chi connectivity index (χ0) is 22.3. The van der Waals surface area contributed by atoms with Crippen LogP contribution in [0.2, 0.25) is 0 Å². The summed E-state index contributed by atoms with van der Waals surface area (Å²) >= 11 is 1.60. The van der Waals surface area contributed by atoms with Crippen molar-refractivity contribution in [2.75, 3.05) is 31.6 Å². The van der Waals surface area contributed by atoms with Gasteiger partial charge in [0.15, 0.2) is 0 Å². The Morgan fingerprint density at radius 2 is 2.00 bits per heavy atom. The first kappa shape index (κ1) is 24.0. The standard InChI is InChI=1S/C18H26F3N5O3S/c1-11(27)23-13(5-8-30-2)17(29)26-6-3-12(4-7-26)14-9-15(25-24-14)16(28)22-10-18(19,20)21/h9,12-13H,3-8,10H2,1-2H3,(H,22,28)(H,23,27)(H,24,25). The molecule has 0 aliphatic carbocycles. The van der Waals surface area contributed by atoms with Crippen LogP contribution in [-0.4, -0.2) is 76.7 Å². The highest BCUT2D eigenvalue weighted by Crippen LogP contribution is 2.27. The third-order valence-corrected chi connectivity index (χ3v) is 5.46. The molecule has 0 spiro atoms. The molecular weight excluding hydrogens is 423 g/mol. The Labute approximate surface area is 176 Å². The molecule has 0 radical (unpaired) electrons. The summed E-state index contributed by atoms with van der Waals surface area (Å²) in [5.74, 6) is -0.501. The summed E-state index contributed by atoms with van der Waals surface area (Å²) in [6.45, 7) is 0.924. The maximum absolute atomic E-state index is 12.8. The van der Waals surface area contributed by atoms with E-state index in [9.17, 15) is 27.6 Å². The fourth-order valence-corrected chi connectivity index (χ4v) is 3.77. The van der Waals surface area contributed by atoms with Gasteiger partial charge in [0.1, 0.15) is 18.3 Å². The van der Waals surface area contributed by atoms with Gasteiger partial charge >= 0.3 is 6.18 Å². The summed E-state index contributed by atoms with van der Waals surface area (Å²) in [7, 11) is 0. The van der Waals surface area contributed by atoms with E-state index in [1.54, 1.807) is 22.0 Å². The molecule has 1 aromatic rings. The van der Waals surface area contributed by atoms with Gasteiger partial charge in [0.2, 0.25) is 11.8 Å². The van der Waals surface area contributed by atoms with Crippen molar-refractivity contribution in [1.29, 1.82) is 0 Å². The first-order valence-electron chi connectivity index (χ1n) is 9.55. The molecule has 0 saturated carbocycles. The first-order valence-corrected chi connectivity index (χ1v) is 10.9. The van der Waals surface area contributed by atoms with E-state index < -0.39 is 24.7 Å². The molecule has 3 amide bonds. The fourth-order valence-electron chi connectivity index (χ4n) is 3.30. The number of carbonyl (C=O) groups is 3. The minimum absolute atomic E-state index is 0.0103. The van der Waals surface area contributed by atoms with Gasteiger partial charge in [-0.1, -0.05) is 0 Å². The molecule has 12 heteroatoms. The molecule has 8 nitrogen and oxygen atoms in total. The molecule has 0 aromatic carbocycles. The van der Waals surface area contributed by atoms with Crippen LogP contribution in [0.5, 0.6) is 0 Å². The number of alkyl halides is 3. The fraction of sp³-hybridized carbons (Fsp3) is 0.667. The van der Waals surface area contributed by atoms with E-state index in [0.29, 0.717) is 38.0 Å². The maximum Gasteiger partial charge on any atom is 0.405 e. The van der Waals surface area contributed by atoms with Crippen molar-refractivity contribution in [1.82, 2.24) is 25.7 Å². The zero-order valence-electron chi connectivity index (χ0n) is 16.8. The molecule has 168 valence electrons. The minimum atomic E-state index is -4.49. The average Bonchev–Trinajstić information content (AvgIpc) is 3.18. The van der Waals surface area contributed by atoms with E-state index in [4.69, 9.17) is 0 Å². The number of piperidine rings is 1. The number of nitrogens with one attached hydrogen (secondary N) is 3. The summed E-state index contributed by atoms with van der Waals surface area (Å²) in [6, 6.07) is 0.898. The van der Waals surface area contributed by atoms with Crippen LogP contribution in [0.1, 0.15) is 48.3 Å². The second-order valence-electron chi connectivity index (χ2n) is 7.14. The Bertz CT molecular complexity index is 748. The molecule has 2 heterocycles. The van der Waals surface area contributed by atoms with E-state index in [1.165, 1.54) is 13.0 Å². The number of rotatable bonds is 8. The van der Waals surface area contributed by atoms with Crippen molar-refractivity contribution in [2.45, 2.75) is 44.3 Å². The molecule has 1 aliphatic rings. The van der Waals surface area contributed by atoms with Crippen LogP contribution in [0.3, 0.4) is 0 Å². The topological polar surface area (TPSA) is 107 Å². The van der Waals surface area contributed by atoms with Crippen molar-refractivity contribution in [3.05, 3.63) is 17.5 Å². The number of nitrogens with zero attached hydrogens (tertiary/aromatic N) is 2. The third kappa shape index (κ3) is 7.22. The molecule has 1 saturated heterocycles. The molecule has 3 N–H and O–H groups in total. The van der Waals surface area contributed by atoms with E-state index in [2.05, 4.69) is 15.5 Å². The quantitative estimate of drug-likeness (QED) is 0.560. The van der Waals surface area contributed by atoms with Gasteiger partial charge in [0.25, 0.3) is 5.91 Å². The number of amides is 3. The van der Waals surface area contributed by atoms with Crippen molar-refractivity contribution >= 4 is 29.5 Å². The number of halogens is 3. The lowest BCUT2D eigenvalue weighted by molar-refractivity contribution is -0.137. The van der Waals surface area contributed by atoms with Crippen molar-refractivity contribution in [2.24, 2.45) is 0 Å². The van der Waals surface area contributed by atoms with Crippen LogP contribution in [0.4, 0.5) is 13.2 Å². The lowest BCUT2D eigenvalue weighted by Crippen LogP contribution is -2.50. The highest BCUT2D eigenvalue weighted by molar-refractivity contribution is 7.98. The molecule has 1 aliphatic heterocycles. The number of hydrogen-bond acceptors (Lipinski definition) is 5. The smallest absolute Gasteiger partial charge is 0.345 e. The Morgan fingerprint density at radius 3 is 2.57 bits per heavy atom. The van der Waals surface area contributed by atoms with Crippen LogP contribution in [0.25, 0.3) is 0 Å². The minimum Gasteiger partial charge on any atom is -0.345 e. The SMILES string of the molecule is CSCCC(NC(C)=O)C(=O)N1CCC(c2cc(C(=O)NCC(F)(F)F)n[nH]2)CC1. The summed E-state index contributed by atoms with van der Waals surface area (Å²) < 4.78 is 36.7. The third-order valence-electron chi connectivity index (χ3n) is 4.81. The Kier molecular flexibility index (Phi) is 8.56. The van der Waals surface area contributed by atoms with Crippen molar-refractivity contribution in [3.8, 4) is 0 Å². The lowest BCUT2D eigenvalue weighted by Gasteiger charge is -2.34. The van der Waals surface area contributed by atoms with Crippen molar-refractivity contribution in [3.63, 3.8) is 0 Å². The van der Waals surface area contributed by atoms with Crippen LogP contribution >= 0.6 is 11.8 Å². The van der Waals surface area contributed by atoms with Gasteiger partial charge in [-0.3, -0.25) is 19.5 Å². The second kappa shape index (κ2) is 10.7. The second-order valence-corrected chi connectivity index (χ2v) is 8.13. The number of hydrogen-bond donors (Lipinski definition) is 3. The maximum atomic E-state index is 12.8. The Morgan fingerprint density at radius 1 is 1.33 bits per heavy atom. The summed E-state index contributed by atoms with van der Waals surface area (Å²) in [6.07, 6.45) is -0.766. The highest BCUT2D eigenvalue weighted by atomic mass is 32.2. The summed E-state index contributed by atoms with van der Waals surface area (Å²) in [5, 5.41) is 11.0. The van der Waals surface area contributed by atoms with E-state index in [-0.39, 0.29) is 23.4 Å². The Balaban J connectivity index is 1.90. The number of aromatic nitrogens is 2. The van der Waals surface area contributed by atoms with Gasteiger partial charge < -0.3 is 15.5 Å². The lowest BCUT2D eigenvalue weighted by atomic mass is 9.93. The molecule has 1 unspecified atom stereocenters. The average molecular weight is 449 g/mol. The molecule has 2 rings (SSSR count). The predicted molar refractivity (Wildman–Crippen MR) is 106 cm³/mol. The van der Waals surface area contributed by atoms with Crippen LogP contribution in [0.15, 0.2) is 6.07 Å². The number of thioether (sulfide) groups is 1.